The summed E-state index contributed by atoms with van der Waals surface area (Å²) in [5.74, 6) is -3.51. The van der Waals surface area contributed by atoms with E-state index in [0.29, 0.717) is 16.8 Å². The molecule has 10 heteroatoms. The predicted molar refractivity (Wildman–Crippen MR) is 145 cm³/mol. The highest BCUT2D eigenvalue weighted by Crippen LogP contribution is 2.28. The van der Waals surface area contributed by atoms with Crippen LogP contribution in [0.4, 0.5) is 20.6 Å². The number of hydrogen-bond acceptors (Lipinski definition) is 5. The molecule has 3 aromatic carbocycles. The van der Waals surface area contributed by atoms with Gasteiger partial charge in [-0.1, -0.05) is 35.9 Å². The summed E-state index contributed by atoms with van der Waals surface area (Å²) in [4.78, 5) is 49.7. The van der Waals surface area contributed by atoms with E-state index in [1.54, 1.807) is 19.1 Å². The summed E-state index contributed by atoms with van der Waals surface area (Å²) in [5.41, 5.74) is 4.33. The van der Waals surface area contributed by atoms with Crippen LogP contribution in [0.2, 0.25) is 0 Å². The molecule has 39 heavy (non-hydrogen) atoms. The highest BCUT2D eigenvalue weighted by atomic mass is 19.1. The number of carbonyl (C=O) groups excluding carboxylic acids is 3. The van der Waals surface area contributed by atoms with Crippen molar-refractivity contribution in [1.82, 2.24) is 5.32 Å². The van der Waals surface area contributed by atoms with Gasteiger partial charge in [0.1, 0.15) is 11.9 Å². The molecule has 0 aliphatic rings. The van der Waals surface area contributed by atoms with Gasteiger partial charge < -0.3 is 25.8 Å². The van der Waals surface area contributed by atoms with Crippen molar-refractivity contribution in [2.75, 3.05) is 17.2 Å². The van der Waals surface area contributed by atoms with Crippen LogP contribution in [0, 0.1) is 26.6 Å². The van der Waals surface area contributed by atoms with Crippen LogP contribution in [-0.4, -0.2) is 41.6 Å². The highest BCUT2D eigenvalue weighted by molar-refractivity contribution is 6.08. The average Bonchev–Trinajstić information content (AvgIpc) is 2.85. The number of ether oxygens (including phenoxy) is 1. The molecular formula is C29H30FN3O6. The Bertz CT molecular complexity index is 1400. The third-order valence-corrected chi connectivity index (χ3v) is 5.87. The number of amides is 3. The minimum Gasteiger partial charge on any atom is -0.480 e. The zero-order valence-corrected chi connectivity index (χ0v) is 22.1. The van der Waals surface area contributed by atoms with E-state index in [2.05, 4.69) is 16.0 Å². The van der Waals surface area contributed by atoms with Gasteiger partial charge >= 0.3 is 18.0 Å². The normalized spacial score (nSPS) is 11.3. The molecule has 0 aromatic heterocycles. The van der Waals surface area contributed by atoms with E-state index in [1.807, 2.05) is 32.9 Å². The van der Waals surface area contributed by atoms with Crippen molar-refractivity contribution in [1.29, 1.82) is 0 Å². The Morgan fingerprint density at radius 2 is 1.59 bits per heavy atom. The number of carboxylic acids is 1. The summed E-state index contributed by atoms with van der Waals surface area (Å²) >= 11 is 0. The van der Waals surface area contributed by atoms with Crippen LogP contribution in [0.25, 0.3) is 11.1 Å². The van der Waals surface area contributed by atoms with Crippen molar-refractivity contribution in [3.63, 3.8) is 0 Å². The molecule has 3 aromatic rings. The van der Waals surface area contributed by atoms with Crippen molar-refractivity contribution >= 4 is 35.3 Å². The van der Waals surface area contributed by atoms with Crippen LogP contribution in [0.15, 0.2) is 54.6 Å². The van der Waals surface area contributed by atoms with Gasteiger partial charge in [-0.15, -0.1) is 0 Å². The third-order valence-electron chi connectivity index (χ3n) is 5.87. The number of urea groups is 1. The standard InChI is InChI=1S/C29H30FN3O6/c1-5-39-25(34)15-24(28(36)37)31-27(35)22-10-9-20(19-7-6-8-21(30)13-19)14-23(22)32-29(38)33-26-17(3)11-16(2)12-18(26)4/h6-14,24H,5,15H2,1-4H3,(H,31,35)(H,36,37)(H2,32,33,38)/t24-/m0/s1. The second kappa shape index (κ2) is 12.7. The molecule has 4 N–H and O–H groups in total. The zero-order chi connectivity index (χ0) is 28.7. The van der Waals surface area contributed by atoms with Crippen molar-refractivity contribution in [3.8, 4) is 11.1 Å². The first-order valence-corrected chi connectivity index (χ1v) is 12.2. The predicted octanol–water partition coefficient (Wildman–Crippen LogP) is 5.20. The lowest BCUT2D eigenvalue weighted by Gasteiger charge is -2.18. The molecule has 204 valence electrons. The van der Waals surface area contributed by atoms with Crippen LogP contribution in [0.1, 0.15) is 40.4 Å². The summed E-state index contributed by atoms with van der Waals surface area (Å²) < 4.78 is 18.7. The van der Waals surface area contributed by atoms with Crippen LogP contribution < -0.4 is 16.0 Å². The van der Waals surface area contributed by atoms with Crippen LogP contribution >= 0.6 is 0 Å². The Kier molecular flexibility index (Phi) is 9.38. The molecule has 0 aliphatic carbocycles. The van der Waals surface area contributed by atoms with E-state index in [0.717, 1.165) is 16.7 Å². The smallest absolute Gasteiger partial charge is 0.326 e. The molecule has 0 spiro atoms. The van der Waals surface area contributed by atoms with Gasteiger partial charge in [0.05, 0.1) is 24.3 Å². The van der Waals surface area contributed by atoms with Crippen molar-refractivity contribution in [2.24, 2.45) is 0 Å². The maximum Gasteiger partial charge on any atom is 0.326 e. The highest BCUT2D eigenvalue weighted by Gasteiger charge is 2.26. The summed E-state index contributed by atoms with van der Waals surface area (Å²) in [5, 5.41) is 17.3. The Balaban J connectivity index is 1.95. The van der Waals surface area contributed by atoms with E-state index >= 15 is 0 Å². The van der Waals surface area contributed by atoms with Gasteiger partial charge in [0, 0.05) is 5.69 Å². The molecular weight excluding hydrogens is 505 g/mol. The minimum atomic E-state index is -1.56. The molecule has 0 aliphatic heterocycles. The molecule has 0 unspecified atom stereocenters. The molecule has 9 nitrogen and oxygen atoms in total. The van der Waals surface area contributed by atoms with Gasteiger partial charge in [0.2, 0.25) is 0 Å². The average molecular weight is 536 g/mol. The first kappa shape index (κ1) is 28.8. The molecule has 3 rings (SSSR count). The largest absolute Gasteiger partial charge is 0.480 e. The van der Waals surface area contributed by atoms with Crippen molar-refractivity contribution in [3.05, 3.63) is 82.7 Å². The monoisotopic (exact) mass is 535 g/mol. The fraction of sp³-hybridized carbons (Fsp3) is 0.241. The van der Waals surface area contributed by atoms with Gasteiger partial charge in [0.15, 0.2) is 0 Å². The molecule has 3 amide bonds. The van der Waals surface area contributed by atoms with Gasteiger partial charge in [-0.3, -0.25) is 9.59 Å². The number of esters is 1. The number of carbonyl (C=O) groups is 4. The van der Waals surface area contributed by atoms with E-state index in [-0.39, 0.29) is 17.9 Å². The zero-order valence-electron chi connectivity index (χ0n) is 22.1. The maximum absolute atomic E-state index is 13.9. The number of rotatable bonds is 9. The summed E-state index contributed by atoms with van der Waals surface area (Å²) in [6, 6.07) is 11.8. The SMILES string of the molecule is CCOC(=O)C[C@H](NC(=O)c1ccc(-c2cccc(F)c2)cc1NC(=O)Nc1c(C)cc(C)cc1C)C(=O)O. The number of aliphatic carboxylic acids is 1. The number of carboxylic acid groups (broad SMARTS) is 1. The summed E-state index contributed by atoms with van der Waals surface area (Å²) in [6.45, 7) is 7.29. The molecule has 0 saturated carbocycles. The number of aryl methyl sites for hydroxylation is 3. The maximum atomic E-state index is 13.9. The number of hydrogen-bond donors (Lipinski definition) is 4. The molecule has 0 radical (unpaired) electrons. The summed E-state index contributed by atoms with van der Waals surface area (Å²) in [6.07, 6.45) is -0.578. The fourth-order valence-corrected chi connectivity index (χ4v) is 4.16. The Morgan fingerprint density at radius 3 is 2.21 bits per heavy atom. The van der Waals surface area contributed by atoms with E-state index in [1.165, 1.54) is 30.3 Å². The second-order valence-corrected chi connectivity index (χ2v) is 9.00. The number of halogens is 1. The molecule has 0 heterocycles. The summed E-state index contributed by atoms with van der Waals surface area (Å²) in [7, 11) is 0. The van der Waals surface area contributed by atoms with Gasteiger partial charge in [-0.25, -0.2) is 14.0 Å². The number of benzene rings is 3. The fourth-order valence-electron chi connectivity index (χ4n) is 4.16. The Morgan fingerprint density at radius 1 is 0.923 bits per heavy atom. The quantitative estimate of drug-likeness (QED) is 0.278. The second-order valence-electron chi connectivity index (χ2n) is 9.00. The molecule has 0 saturated heterocycles. The van der Waals surface area contributed by atoms with Gasteiger partial charge in [-0.05, 0) is 74.2 Å². The number of nitrogens with one attached hydrogen (secondary N) is 3. The van der Waals surface area contributed by atoms with Gasteiger partial charge in [0.25, 0.3) is 5.91 Å². The topological polar surface area (TPSA) is 134 Å². The lowest BCUT2D eigenvalue weighted by atomic mass is 10.0. The van der Waals surface area contributed by atoms with Crippen LogP contribution in [0.3, 0.4) is 0 Å². The van der Waals surface area contributed by atoms with Crippen molar-refractivity contribution < 1.29 is 33.4 Å². The Labute approximate surface area is 225 Å². The first-order valence-electron chi connectivity index (χ1n) is 12.2. The molecule has 0 fully saturated rings. The van der Waals surface area contributed by atoms with E-state index < -0.39 is 42.2 Å². The molecule has 0 bridgehead atoms. The van der Waals surface area contributed by atoms with E-state index in [9.17, 15) is 28.7 Å². The van der Waals surface area contributed by atoms with E-state index in [4.69, 9.17) is 4.74 Å². The molecule has 1 atom stereocenters. The van der Waals surface area contributed by atoms with Crippen molar-refractivity contribution in [2.45, 2.75) is 40.2 Å². The first-order chi connectivity index (χ1) is 18.5. The Hall–Kier alpha value is -4.73. The van der Waals surface area contributed by atoms with Crippen LogP contribution in [-0.2, 0) is 14.3 Å². The minimum absolute atomic E-state index is 0.0504. The third kappa shape index (κ3) is 7.64. The van der Waals surface area contributed by atoms with Crippen LogP contribution in [0.5, 0.6) is 0 Å². The lowest BCUT2D eigenvalue weighted by Crippen LogP contribution is -2.42. The lowest BCUT2D eigenvalue weighted by molar-refractivity contribution is -0.149. The number of anilines is 2. The van der Waals surface area contributed by atoms with Gasteiger partial charge in [-0.2, -0.15) is 0 Å².